The van der Waals surface area contributed by atoms with Gasteiger partial charge in [-0.2, -0.15) is 0 Å². The fraction of sp³-hybridized carbons (Fsp3) is 0.400. The van der Waals surface area contributed by atoms with Crippen molar-refractivity contribution in [3.8, 4) is 0 Å². The van der Waals surface area contributed by atoms with Gasteiger partial charge in [-0.3, -0.25) is 0 Å². The highest BCUT2D eigenvalue weighted by atomic mass is 17.2. The third-order valence-electron chi connectivity index (χ3n) is 5.91. The lowest BCUT2D eigenvalue weighted by atomic mass is 9.82. The van der Waals surface area contributed by atoms with Crippen molar-refractivity contribution in [1.82, 2.24) is 0 Å². The van der Waals surface area contributed by atoms with Gasteiger partial charge in [0.15, 0.2) is 0 Å². The highest BCUT2D eigenvalue weighted by molar-refractivity contribution is 5.40. The van der Waals surface area contributed by atoms with E-state index in [0.717, 1.165) is 38.5 Å². The van der Waals surface area contributed by atoms with Gasteiger partial charge in [0.2, 0.25) is 0 Å². The van der Waals surface area contributed by atoms with Crippen LogP contribution in [0.25, 0.3) is 0 Å². The summed E-state index contributed by atoms with van der Waals surface area (Å²) in [4.78, 5) is 12.3. The maximum absolute atomic E-state index is 6.15. The van der Waals surface area contributed by atoms with Gasteiger partial charge in [0.05, 0.1) is 0 Å². The van der Waals surface area contributed by atoms with Crippen LogP contribution in [0.5, 0.6) is 0 Å². The van der Waals surface area contributed by atoms with E-state index in [-0.39, 0.29) is 11.2 Å². The topological polar surface area (TPSA) is 18.5 Å². The molecular weight excluding hydrogens is 272 g/mol. The second-order valence-corrected chi connectivity index (χ2v) is 6.97. The van der Waals surface area contributed by atoms with Crippen LogP contribution in [0.2, 0.25) is 0 Å². The molecule has 1 aliphatic heterocycles. The predicted molar refractivity (Wildman–Crippen MR) is 84.3 cm³/mol. The monoisotopic (exact) mass is 292 g/mol. The van der Waals surface area contributed by atoms with E-state index >= 15 is 0 Å². The molecule has 5 rings (SSSR count). The van der Waals surface area contributed by atoms with E-state index < -0.39 is 0 Å². The Balaban J connectivity index is 1.48. The fourth-order valence-corrected chi connectivity index (χ4v) is 4.65. The number of hydrogen-bond acceptors (Lipinski definition) is 2. The summed E-state index contributed by atoms with van der Waals surface area (Å²) in [6.07, 6.45) is 6.40. The summed E-state index contributed by atoms with van der Waals surface area (Å²) < 4.78 is 0. The number of fused-ring (bicyclic) bond motifs is 4. The molecular formula is C20H20O2. The SMILES string of the molecule is c1ccc2c(c1)CC[C@@]21CC[C@]2(CCc3ccccc32)OO1. The zero-order valence-electron chi connectivity index (χ0n) is 12.7. The average molecular weight is 292 g/mol. The van der Waals surface area contributed by atoms with E-state index in [1.54, 1.807) is 0 Å². The molecule has 0 amide bonds. The molecule has 2 heteroatoms. The van der Waals surface area contributed by atoms with Gasteiger partial charge in [0, 0.05) is 0 Å². The first kappa shape index (κ1) is 12.9. The predicted octanol–water partition coefficient (Wildman–Crippen LogP) is 4.41. The van der Waals surface area contributed by atoms with Crippen LogP contribution < -0.4 is 0 Å². The summed E-state index contributed by atoms with van der Waals surface area (Å²) in [5.41, 5.74) is 5.12. The van der Waals surface area contributed by atoms with Crippen molar-refractivity contribution in [1.29, 1.82) is 0 Å². The van der Waals surface area contributed by atoms with E-state index in [9.17, 15) is 0 Å². The summed E-state index contributed by atoms with van der Waals surface area (Å²) in [5.74, 6) is 0. The molecule has 1 saturated heterocycles. The Morgan fingerprint density at radius 3 is 1.50 bits per heavy atom. The van der Waals surface area contributed by atoms with Crippen LogP contribution in [0.4, 0.5) is 0 Å². The van der Waals surface area contributed by atoms with Gasteiger partial charge in [0.1, 0.15) is 11.2 Å². The largest absolute Gasteiger partial charge is 0.224 e. The maximum atomic E-state index is 6.15. The van der Waals surface area contributed by atoms with Crippen LogP contribution in [0.15, 0.2) is 48.5 Å². The number of benzene rings is 2. The van der Waals surface area contributed by atoms with Crippen LogP contribution in [-0.4, -0.2) is 0 Å². The summed E-state index contributed by atoms with van der Waals surface area (Å²) >= 11 is 0. The molecule has 2 aromatic rings. The van der Waals surface area contributed by atoms with Gasteiger partial charge in [0.25, 0.3) is 0 Å². The van der Waals surface area contributed by atoms with Gasteiger partial charge in [-0.15, -0.1) is 0 Å². The first-order chi connectivity index (χ1) is 10.8. The Bertz CT molecular complexity index is 662. The molecule has 0 saturated carbocycles. The minimum atomic E-state index is -0.209. The fourth-order valence-electron chi connectivity index (χ4n) is 4.65. The maximum Gasteiger partial charge on any atom is 0.129 e. The van der Waals surface area contributed by atoms with Gasteiger partial charge in [-0.25, -0.2) is 9.78 Å². The third kappa shape index (κ3) is 1.62. The third-order valence-corrected chi connectivity index (χ3v) is 5.91. The van der Waals surface area contributed by atoms with Crippen molar-refractivity contribution in [2.75, 3.05) is 0 Å². The molecule has 2 spiro atoms. The molecule has 3 aliphatic rings. The molecule has 2 aliphatic carbocycles. The summed E-state index contributed by atoms with van der Waals surface area (Å²) in [6, 6.07) is 17.4. The Morgan fingerprint density at radius 1 is 0.591 bits per heavy atom. The highest BCUT2D eigenvalue weighted by Crippen LogP contribution is 2.54. The molecule has 0 N–H and O–H groups in total. The molecule has 0 aromatic heterocycles. The Hall–Kier alpha value is -1.64. The van der Waals surface area contributed by atoms with Crippen LogP contribution in [-0.2, 0) is 33.8 Å². The molecule has 22 heavy (non-hydrogen) atoms. The van der Waals surface area contributed by atoms with Gasteiger partial charge in [-0.05, 0) is 60.8 Å². The Kier molecular flexibility index (Phi) is 2.59. The molecule has 112 valence electrons. The van der Waals surface area contributed by atoms with Crippen molar-refractivity contribution in [3.05, 3.63) is 70.8 Å². The zero-order chi connectivity index (χ0) is 14.6. The molecule has 1 heterocycles. The van der Waals surface area contributed by atoms with E-state index in [2.05, 4.69) is 48.5 Å². The summed E-state index contributed by atoms with van der Waals surface area (Å²) in [6.45, 7) is 0. The lowest BCUT2D eigenvalue weighted by Gasteiger charge is -2.42. The number of aryl methyl sites for hydroxylation is 2. The van der Waals surface area contributed by atoms with E-state index in [1.807, 2.05) is 0 Å². The van der Waals surface area contributed by atoms with Crippen molar-refractivity contribution in [3.63, 3.8) is 0 Å². The summed E-state index contributed by atoms with van der Waals surface area (Å²) in [7, 11) is 0. The highest BCUT2D eigenvalue weighted by Gasteiger charge is 2.52. The molecule has 2 nitrogen and oxygen atoms in total. The summed E-state index contributed by atoms with van der Waals surface area (Å²) in [5, 5.41) is 0. The number of rotatable bonds is 0. The lowest BCUT2D eigenvalue weighted by molar-refractivity contribution is -0.450. The van der Waals surface area contributed by atoms with E-state index in [1.165, 1.54) is 22.3 Å². The van der Waals surface area contributed by atoms with Crippen LogP contribution in [0, 0.1) is 0 Å². The smallest absolute Gasteiger partial charge is 0.129 e. The van der Waals surface area contributed by atoms with Crippen LogP contribution >= 0.6 is 0 Å². The second-order valence-electron chi connectivity index (χ2n) is 6.97. The number of hydrogen-bond donors (Lipinski definition) is 0. The quantitative estimate of drug-likeness (QED) is 0.670. The first-order valence-corrected chi connectivity index (χ1v) is 8.35. The normalized spacial score (nSPS) is 32.4. The first-order valence-electron chi connectivity index (χ1n) is 8.35. The standard InChI is InChI=1S/C20H20O2/c1-3-7-17-15(5-1)9-11-19(17)13-14-20(22-21-19)12-10-16-6-2-4-8-18(16)20/h1-8H,9-14H2/t19-,20+. The molecule has 2 aromatic carbocycles. The van der Waals surface area contributed by atoms with Gasteiger partial charge in [-0.1, -0.05) is 48.5 Å². The lowest BCUT2D eigenvalue weighted by Crippen LogP contribution is -2.41. The van der Waals surface area contributed by atoms with E-state index in [0.29, 0.717) is 0 Å². The molecule has 0 unspecified atom stereocenters. The van der Waals surface area contributed by atoms with Crippen LogP contribution in [0.1, 0.15) is 47.9 Å². The van der Waals surface area contributed by atoms with Crippen molar-refractivity contribution in [2.24, 2.45) is 0 Å². The molecule has 0 bridgehead atoms. The van der Waals surface area contributed by atoms with Crippen LogP contribution in [0.3, 0.4) is 0 Å². The Morgan fingerprint density at radius 2 is 1.05 bits per heavy atom. The molecule has 1 fully saturated rings. The van der Waals surface area contributed by atoms with Gasteiger partial charge < -0.3 is 0 Å². The average Bonchev–Trinajstić information content (AvgIpc) is 3.12. The van der Waals surface area contributed by atoms with Crippen molar-refractivity contribution >= 4 is 0 Å². The van der Waals surface area contributed by atoms with Crippen molar-refractivity contribution in [2.45, 2.75) is 49.7 Å². The minimum Gasteiger partial charge on any atom is -0.224 e. The Labute approximate surface area is 131 Å². The zero-order valence-corrected chi connectivity index (χ0v) is 12.7. The molecule has 2 atom stereocenters. The van der Waals surface area contributed by atoms with Crippen molar-refractivity contribution < 1.29 is 9.78 Å². The minimum absolute atomic E-state index is 0.209. The second kappa shape index (κ2) is 4.43. The van der Waals surface area contributed by atoms with Gasteiger partial charge >= 0.3 is 0 Å². The van der Waals surface area contributed by atoms with E-state index in [4.69, 9.17) is 9.78 Å². The molecule has 0 radical (unpaired) electrons.